The number of hydrogen-bond donors (Lipinski definition) is 1. The Balaban J connectivity index is 1.32. The van der Waals surface area contributed by atoms with Gasteiger partial charge in [-0.2, -0.15) is 0 Å². The Kier molecular flexibility index (Phi) is 6.71. The molecule has 0 aromatic heterocycles. The van der Waals surface area contributed by atoms with E-state index in [1.165, 1.54) is 0 Å². The topological polar surface area (TPSA) is 85.4 Å². The fraction of sp³-hybridized carbons (Fsp3) is 0.444. The molecule has 0 unspecified atom stereocenters. The molecule has 3 fully saturated rings. The molecular formula is C27H33N5O4. The van der Waals surface area contributed by atoms with Gasteiger partial charge in [-0.05, 0) is 49.9 Å². The van der Waals surface area contributed by atoms with Crippen LogP contribution in [0.25, 0.3) is 0 Å². The molecule has 190 valence electrons. The summed E-state index contributed by atoms with van der Waals surface area (Å²) in [6.45, 7) is 2.88. The number of methoxy groups -OCH3 is 1. The molecule has 0 radical (unpaired) electrons. The summed E-state index contributed by atoms with van der Waals surface area (Å²) in [5.74, 6) is 0.585. The molecule has 1 N–H and O–H groups in total. The number of rotatable bonds is 5. The van der Waals surface area contributed by atoms with Crippen molar-refractivity contribution in [3.8, 4) is 5.75 Å². The first kappa shape index (κ1) is 24.0. The van der Waals surface area contributed by atoms with Crippen molar-refractivity contribution < 1.29 is 19.1 Å². The maximum Gasteiger partial charge on any atom is 0.321 e. The summed E-state index contributed by atoms with van der Waals surface area (Å²) >= 11 is 0. The van der Waals surface area contributed by atoms with Crippen molar-refractivity contribution in [3.63, 3.8) is 0 Å². The van der Waals surface area contributed by atoms with Crippen LogP contribution >= 0.6 is 0 Å². The molecule has 2 aromatic carbocycles. The minimum Gasteiger partial charge on any atom is -0.495 e. The average molecular weight is 492 g/mol. The second kappa shape index (κ2) is 10.1. The number of likely N-dealkylation sites (tertiary alicyclic amines) is 2. The molecule has 9 nitrogen and oxygen atoms in total. The Morgan fingerprint density at radius 2 is 1.58 bits per heavy atom. The lowest BCUT2D eigenvalue weighted by atomic mass is 9.85. The predicted octanol–water partition coefficient (Wildman–Crippen LogP) is 2.99. The van der Waals surface area contributed by atoms with Crippen molar-refractivity contribution in [3.05, 3.63) is 54.6 Å². The van der Waals surface area contributed by atoms with Crippen LogP contribution in [0.2, 0.25) is 0 Å². The second-order valence-corrected chi connectivity index (χ2v) is 9.65. The van der Waals surface area contributed by atoms with Gasteiger partial charge in [0.2, 0.25) is 5.91 Å². The second-order valence-electron chi connectivity index (χ2n) is 9.65. The fourth-order valence-corrected chi connectivity index (χ4v) is 5.57. The van der Waals surface area contributed by atoms with Gasteiger partial charge in [0.05, 0.1) is 19.5 Å². The number of hydrogen-bond acceptors (Lipinski definition) is 5. The van der Waals surface area contributed by atoms with Crippen LogP contribution in [0.1, 0.15) is 25.7 Å². The van der Waals surface area contributed by atoms with Gasteiger partial charge >= 0.3 is 6.03 Å². The molecule has 0 saturated carbocycles. The van der Waals surface area contributed by atoms with Gasteiger partial charge in [-0.1, -0.05) is 30.3 Å². The van der Waals surface area contributed by atoms with Gasteiger partial charge in [0, 0.05) is 31.9 Å². The first-order valence-corrected chi connectivity index (χ1v) is 12.6. The molecule has 0 bridgehead atoms. The van der Waals surface area contributed by atoms with E-state index >= 15 is 0 Å². The highest BCUT2D eigenvalue weighted by atomic mass is 16.5. The zero-order valence-corrected chi connectivity index (χ0v) is 20.7. The molecule has 9 heteroatoms. The van der Waals surface area contributed by atoms with E-state index in [1.807, 2.05) is 47.4 Å². The Morgan fingerprint density at radius 1 is 0.917 bits per heavy atom. The van der Waals surface area contributed by atoms with Crippen molar-refractivity contribution >= 4 is 29.2 Å². The zero-order valence-electron chi connectivity index (χ0n) is 20.7. The number of urea groups is 1. The van der Waals surface area contributed by atoms with Crippen LogP contribution in [0.3, 0.4) is 0 Å². The van der Waals surface area contributed by atoms with E-state index in [9.17, 15) is 14.4 Å². The van der Waals surface area contributed by atoms with Gasteiger partial charge in [0.15, 0.2) is 0 Å². The van der Waals surface area contributed by atoms with Crippen molar-refractivity contribution in [1.82, 2.24) is 14.7 Å². The number of carbonyl (C=O) groups is 3. The highest BCUT2D eigenvalue weighted by molar-refractivity contribution is 5.97. The van der Waals surface area contributed by atoms with Crippen molar-refractivity contribution in [1.29, 1.82) is 0 Å². The van der Waals surface area contributed by atoms with Crippen LogP contribution < -0.4 is 15.0 Å². The molecule has 3 aliphatic rings. The van der Waals surface area contributed by atoms with Crippen LogP contribution in [0, 0.1) is 0 Å². The number of anilines is 2. The molecule has 3 heterocycles. The molecular weight excluding hydrogens is 458 g/mol. The number of carbonyl (C=O) groups excluding carboxylic acids is 3. The zero-order chi connectivity index (χ0) is 25.1. The third-order valence-electron chi connectivity index (χ3n) is 7.59. The smallest absolute Gasteiger partial charge is 0.321 e. The number of benzene rings is 2. The summed E-state index contributed by atoms with van der Waals surface area (Å²) < 4.78 is 5.35. The SMILES string of the molecule is COc1ccccc1NC(=O)N1CCC2(CC1)C(=O)N(CC(=O)N1CCCC1)CN2c1ccccc1. The number of piperidine rings is 1. The third-order valence-corrected chi connectivity index (χ3v) is 7.59. The number of nitrogens with one attached hydrogen (secondary N) is 1. The van der Waals surface area contributed by atoms with Crippen LogP contribution in [0.15, 0.2) is 54.6 Å². The predicted molar refractivity (Wildman–Crippen MR) is 137 cm³/mol. The van der Waals surface area contributed by atoms with Crippen LogP contribution in [0.4, 0.5) is 16.2 Å². The number of nitrogens with zero attached hydrogens (tertiary/aromatic N) is 4. The molecule has 5 rings (SSSR count). The van der Waals surface area contributed by atoms with Crippen LogP contribution in [0.5, 0.6) is 5.75 Å². The normalized spacial score (nSPS) is 19.2. The van der Waals surface area contributed by atoms with E-state index in [-0.39, 0.29) is 24.4 Å². The monoisotopic (exact) mass is 491 g/mol. The number of ether oxygens (including phenoxy) is 1. The summed E-state index contributed by atoms with van der Waals surface area (Å²) in [4.78, 5) is 47.2. The van der Waals surface area contributed by atoms with E-state index in [4.69, 9.17) is 4.74 Å². The lowest BCUT2D eigenvalue weighted by Gasteiger charge is -2.43. The molecule has 0 aliphatic carbocycles. The number of para-hydroxylation sites is 3. The van der Waals surface area contributed by atoms with Crippen molar-refractivity contribution in [2.45, 2.75) is 31.2 Å². The minimum atomic E-state index is -0.770. The van der Waals surface area contributed by atoms with E-state index in [0.29, 0.717) is 44.0 Å². The standard InChI is InChI=1S/C27H33N5O4/c1-36-23-12-6-5-11-22(23)28-26(35)30-17-13-27(14-18-30)25(34)31(19-24(33)29-15-7-8-16-29)20-32(27)21-9-3-2-4-10-21/h2-6,9-12H,7-8,13-20H2,1H3,(H,28,35). The van der Waals surface area contributed by atoms with Gasteiger partial charge in [-0.25, -0.2) is 4.79 Å². The fourth-order valence-electron chi connectivity index (χ4n) is 5.57. The van der Waals surface area contributed by atoms with Gasteiger partial charge < -0.3 is 29.7 Å². The van der Waals surface area contributed by atoms with Crippen molar-refractivity contribution in [2.75, 3.05) is 56.7 Å². The quantitative estimate of drug-likeness (QED) is 0.695. The Morgan fingerprint density at radius 3 is 2.28 bits per heavy atom. The van der Waals surface area contributed by atoms with E-state index in [1.54, 1.807) is 29.0 Å². The van der Waals surface area contributed by atoms with Crippen LogP contribution in [-0.2, 0) is 9.59 Å². The Labute approximate surface area is 211 Å². The summed E-state index contributed by atoms with van der Waals surface area (Å²) in [5, 5.41) is 2.93. The van der Waals surface area contributed by atoms with Crippen molar-refractivity contribution in [2.24, 2.45) is 0 Å². The van der Waals surface area contributed by atoms with E-state index < -0.39 is 5.54 Å². The molecule has 0 atom stereocenters. The summed E-state index contributed by atoms with van der Waals surface area (Å²) in [5.41, 5.74) is 0.794. The van der Waals surface area contributed by atoms with Gasteiger partial charge in [-0.3, -0.25) is 9.59 Å². The molecule has 3 saturated heterocycles. The van der Waals surface area contributed by atoms with Gasteiger partial charge in [-0.15, -0.1) is 0 Å². The molecule has 2 aromatic rings. The highest BCUT2D eigenvalue weighted by Crippen LogP contribution is 2.39. The summed E-state index contributed by atoms with van der Waals surface area (Å²) in [7, 11) is 1.57. The molecule has 36 heavy (non-hydrogen) atoms. The lowest BCUT2D eigenvalue weighted by molar-refractivity contribution is -0.140. The summed E-state index contributed by atoms with van der Waals surface area (Å²) in [6.07, 6.45) is 3.03. The Hall–Kier alpha value is -3.75. The summed E-state index contributed by atoms with van der Waals surface area (Å²) in [6, 6.07) is 17.0. The Bertz CT molecular complexity index is 1110. The largest absolute Gasteiger partial charge is 0.495 e. The molecule has 4 amide bonds. The first-order valence-electron chi connectivity index (χ1n) is 12.6. The van der Waals surface area contributed by atoms with E-state index in [2.05, 4.69) is 10.2 Å². The third kappa shape index (κ3) is 4.45. The lowest BCUT2D eigenvalue weighted by Crippen LogP contribution is -2.58. The van der Waals surface area contributed by atoms with Gasteiger partial charge in [0.25, 0.3) is 5.91 Å². The van der Waals surface area contributed by atoms with E-state index in [0.717, 1.165) is 31.6 Å². The molecule has 3 aliphatic heterocycles. The van der Waals surface area contributed by atoms with Crippen LogP contribution in [-0.4, -0.2) is 84.6 Å². The maximum absolute atomic E-state index is 13.8. The highest BCUT2D eigenvalue weighted by Gasteiger charge is 2.54. The maximum atomic E-state index is 13.8. The molecule has 1 spiro atoms. The number of amides is 4. The minimum absolute atomic E-state index is 0.0135. The average Bonchev–Trinajstić information content (AvgIpc) is 3.54. The first-order chi connectivity index (χ1) is 17.5. The van der Waals surface area contributed by atoms with Gasteiger partial charge in [0.1, 0.15) is 17.8 Å².